The lowest BCUT2D eigenvalue weighted by atomic mass is 9.98. The molecule has 0 fully saturated rings. The van der Waals surface area contributed by atoms with Crippen LogP contribution in [0.2, 0.25) is 0 Å². The first-order valence-corrected chi connectivity index (χ1v) is 13.0. The monoisotopic (exact) mass is 563 g/mol. The summed E-state index contributed by atoms with van der Waals surface area (Å²) in [6.45, 7) is 7.97. The number of ether oxygens (including phenoxy) is 1. The molecule has 10 nitrogen and oxygen atoms in total. The standard InChI is InChI=1S/C28H39F2N5O5/c1-4-40-21-9-10-23(22(30)16-21)33-28(39)25(26(37)20-7-5-19(6-8-20)18(3)29)34-27(38)17(2)15-24(36)35(13-11-31)14-12-32/h5-10,16-17,25-27,34,37-38H,3-4,11-15,31-32H2,1-2H3,(H,33,39). The number of nitrogens with one attached hydrogen (secondary N) is 2. The van der Waals surface area contributed by atoms with E-state index in [1.165, 1.54) is 41.3 Å². The lowest BCUT2D eigenvalue weighted by molar-refractivity contribution is -0.133. The fourth-order valence-corrected chi connectivity index (χ4v) is 3.97. The molecule has 0 aromatic heterocycles. The number of carbonyl (C=O) groups excluding carboxylic acids is 2. The number of amides is 2. The van der Waals surface area contributed by atoms with Crippen LogP contribution < -0.4 is 26.8 Å². The summed E-state index contributed by atoms with van der Waals surface area (Å²) >= 11 is 0. The maximum Gasteiger partial charge on any atom is 0.244 e. The van der Waals surface area contributed by atoms with E-state index in [-0.39, 0.29) is 48.0 Å². The number of aliphatic hydroxyl groups excluding tert-OH is 2. The van der Waals surface area contributed by atoms with Crippen LogP contribution in [-0.2, 0) is 9.59 Å². The van der Waals surface area contributed by atoms with E-state index in [0.29, 0.717) is 19.7 Å². The number of rotatable bonds is 16. The second-order valence-corrected chi connectivity index (χ2v) is 9.26. The highest BCUT2D eigenvalue weighted by atomic mass is 19.1. The topological polar surface area (TPSA) is 163 Å². The van der Waals surface area contributed by atoms with Crippen LogP contribution in [0.15, 0.2) is 49.0 Å². The molecule has 2 amide bonds. The Balaban J connectivity index is 2.28. The van der Waals surface area contributed by atoms with Gasteiger partial charge in [0.25, 0.3) is 0 Å². The summed E-state index contributed by atoms with van der Waals surface area (Å²) in [6, 6.07) is 7.96. The van der Waals surface area contributed by atoms with Crippen LogP contribution in [0.1, 0.15) is 37.5 Å². The first-order chi connectivity index (χ1) is 19.0. The Labute approximate surface area is 233 Å². The summed E-state index contributed by atoms with van der Waals surface area (Å²) in [6.07, 6.45) is -3.07. The van der Waals surface area contributed by atoms with Crippen LogP contribution in [0.4, 0.5) is 14.5 Å². The van der Waals surface area contributed by atoms with Crippen LogP contribution in [0, 0.1) is 11.7 Å². The minimum atomic E-state index is -1.55. The second-order valence-electron chi connectivity index (χ2n) is 9.26. The molecule has 8 N–H and O–H groups in total. The van der Waals surface area contributed by atoms with Crippen molar-refractivity contribution in [2.45, 2.75) is 38.6 Å². The van der Waals surface area contributed by atoms with Gasteiger partial charge in [0.15, 0.2) is 0 Å². The average molecular weight is 564 g/mol. The summed E-state index contributed by atoms with van der Waals surface area (Å²) in [4.78, 5) is 27.5. The van der Waals surface area contributed by atoms with Crippen LogP contribution in [0.3, 0.4) is 0 Å². The van der Waals surface area contributed by atoms with Crippen molar-refractivity contribution in [3.63, 3.8) is 0 Å². The molecule has 0 aliphatic rings. The van der Waals surface area contributed by atoms with Crippen molar-refractivity contribution in [1.29, 1.82) is 0 Å². The van der Waals surface area contributed by atoms with E-state index in [1.54, 1.807) is 13.8 Å². The fourth-order valence-electron chi connectivity index (χ4n) is 3.97. The van der Waals surface area contributed by atoms with Crippen molar-refractivity contribution < 1.29 is 33.3 Å². The molecular weight excluding hydrogens is 524 g/mol. The van der Waals surface area contributed by atoms with E-state index in [4.69, 9.17) is 16.2 Å². The number of benzene rings is 2. The fraction of sp³-hybridized carbons (Fsp3) is 0.429. The van der Waals surface area contributed by atoms with Crippen LogP contribution in [0.5, 0.6) is 5.75 Å². The molecule has 0 aliphatic carbocycles. The average Bonchev–Trinajstić information content (AvgIpc) is 2.92. The van der Waals surface area contributed by atoms with Crippen molar-refractivity contribution in [1.82, 2.24) is 10.2 Å². The number of carbonyl (C=O) groups is 2. The van der Waals surface area contributed by atoms with Gasteiger partial charge in [-0.3, -0.25) is 14.9 Å². The number of hydrogen-bond donors (Lipinski definition) is 6. The molecule has 40 heavy (non-hydrogen) atoms. The molecule has 0 bridgehead atoms. The normalized spacial score (nSPS) is 14.1. The van der Waals surface area contributed by atoms with Crippen molar-refractivity contribution in [2.24, 2.45) is 17.4 Å². The zero-order valence-corrected chi connectivity index (χ0v) is 22.8. The maximum absolute atomic E-state index is 14.6. The Morgan fingerprint density at radius 1 is 1.10 bits per heavy atom. The molecular formula is C28H39F2N5O5. The highest BCUT2D eigenvalue weighted by Gasteiger charge is 2.33. The summed E-state index contributed by atoms with van der Waals surface area (Å²) in [5, 5.41) is 27.1. The van der Waals surface area contributed by atoms with Gasteiger partial charge in [-0.1, -0.05) is 37.8 Å². The molecule has 2 aromatic carbocycles. The van der Waals surface area contributed by atoms with E-state index < -0.39 is 41.8 Å². The molecule has 2 rings (SSSR count). The molecule has 0 aliphatic heterocycles. The molecule has 0 heterocycles. The minimum absolute atomic E-state index is 0.0978. The lowest BCUT2D eigenvalue weighted by Gasteiger charge is -2.30. The van der Waals surface area contributed by atoms with Crippen LogP contribution >= 0.6 is 0 Å². The van der Waals surface area contributed by atoms with Gasteiger partial charge in [-0.25, -0.2) is 8.78 Å². The largest absolute Gasteiger partial charge is 0.494 e. The summed E-state index contributed by atoms with van der Waals surface area (Å²) in [7, 11) is 0. The highest BCUT2D eigenvalue weighted by Crippen LogP contribution is 2.25. The number of nitrogens with two attached hydrogens (primary N) is 2. The zero-order chi connectivity index (χ0) is 29.8. The third-order valence-corrected chi connectivity index (χ3v) is 6.21. The smallest absolute Gasteiger partial charge is 0.244 e. The predicted octanol–water partition coefficient (Wildman–Crippen LogP) is 1.89. The van der Waals surface area contributed by atoms with Gasteiger partial charge in [0.05, 0.1) is 12.3 Å². The Hall–Kier alpha value is -3.42. The zero-order valence-electron chi connectivity index (χ0n) is 22.8. The molecule has 220 valence electrons. The Morgan fingerprint density at radius 2 is 1.73 bits per heavy atom. The quantitative estimate of drug-likeness (QED) is 0.169. The van der Waals surface area contributed by atoms with Gasteiger partial charge in [-0.15, -0.1) is 0 Å². The molecule has 0 spiro atoms. The van der Waals surface area contributed by atoms with Gasteiger partial charge in [0.2, 0.25) is 11.8 Å². The predicted molar refractivity (Wildman–Crippen MR) is 149 cm³/mol. The molecule has 4 unspecified atom stereocenters. The van der Waals surface area contributed by atoms with Gasteiger partial charge < -0.3 is 36.6 Å². The van der Waals surface area contributed by atoms with Gasteiger partial charge in [-0.2, -0.15) is 0 Å². The van der Waals surface area contributed by atoms with Gasteiger partial charge in [0, 0.05) is 50.1 Å². The van der Waals surface area contributed by atoms with Crippen LogP contribution in [-0.4, -0.2) is 72.0 Å². The molecule has 4 atom stereocenters. The van der Waals surface area contributed by atoms with E-state index >= 15 is 0 Å². The number of nitrogens with zero attached hydrogens (tertiary/aromatic N) is 1. The van der Waals surface area contributed by atoms with E-state index in [9.17, 15) is 28.6 Å². The van der Waals surface area contributed by atoms with Gasteiger partial charge in [-0.05, 0) is 24.6 Å². The maximum atomic E-state index is 14.6. The molecule has 0 radical (unpaired) electrons. The summed E-state index contributed by atoms with van der Waals surface area (Å²) < 4.78 is 33.4. The first kappa shape index (κ1) is 32.8. The Bertz CT molecular complexity index is 1130. The van der Waals surface area contributed by atoms with E-state index in [0.717, 1.165) is 6.07 Å². The molecule has 12 heteroatoms. The molecule has 0 saturated carbocycles. The highest BCUT2D eigenvalue weighted by molar-refractivity contribution is 5.95. The number of aliphatic hydroxyl groups is 2. The Morgan fingerprint density at radius 3 is 2.25 bits per heavy atom. The molecule has 2 aromatic rings. The third kappa shape index (κ3) is 9.35. The van der Waals surface area contributed by atoms with E-state index in [1.807, 2.05) is 0 Å². The minimum Gasteiger partial charge on any atom is -0.494 e. The van der Waals surface area contributed by atoms with Crippen molar-refractivity contribution >= 4 is 23.3 Å². The summed E-state index contributed by atoms with van der Waals surface area (Å²) in [5.74, 6) is -3.02. The first-order valence-electron chi connectivity index (χ1n) is 13.0. The SMILES string of the molecule is C=C(F)c1ccc(C(O)C(NC(O)C(C)CC(=O)N(CCN)CCN)C(=O)Nc2ccc(OCC)cc2F)cc1. The van der Waals surface area contributed by atoms with Crippen molar-refractivity contribution in [3.8, 4) is 5.75 Å². The number of anilines is 1. The van der Waals surface area contributed by atoms with Crippen LogP contribution in [0.25, 0.3) is 5.83 Å². The van der Waals surface area contributed by atoms with E-state index in [2.05, 4.69) is 17.2 Å². The summed E-state index contributed by atoms with van der Waals surface area (Å²) in [5.41, 5.74) is 11.4. The third-order valence-electron chi connectivity index (χ3n) is 6.21. The Kier molecular flexibility index (Phi) is 13.1. The lowest BCUT2D eigenvalue weighted by Crippen LogP contribution is -2.52. The van der Waals surface area contributed by atoms with Crippen molar-refractivity contribution in [2.75, 3.05) is 38.1 Å². The second kappa shape index (κ2) is 16.0. The molecule has 0 saturated heterocycles. The number of hydrogen-bond acceptors (Lipinski definition) is 8. The van der Waals surface area contributed by atoms with Crippen molar-refractivity contribution in [3.05, 3.63) is 66.0 Å². The number of halogens is 2. The van der Waals surface area contributed by atoms with Gasteiger partial charge >= 0.3 is 0 Å². The van der Waals surface area contributed by atoms with Gasteiger partial charge in [0.1, 0.15) is 35.8 Å².